The molecule has 1 unspecified atom stereocenters. The van der Waals surface area contributed by atoms with E-state index in [9.17, 15) is 9.59 Å². The summed E-state index contributed by atoms with van der Waals surface area (Å²) in [5, 5.41) is 11.5. The Morgan fingerprint density at radius 1 is 1.47 bits per heavy atom. The lowest BCUT2D eigenvalue weighted by molar-refractivity contribution is -0.146. The van der Waals surface area contributed by atoms with Crippen LogP contribution in [-0.4, -0.2) is 29.1 Å². The number of hydrogen-bond donors (Lipinski definition) is 2. The van der Waals surface area contributed by atoms with Crippen LogP contribution >= 0.6 is 15.9 Å². The topological polar surface area (TPSA) is 75.6 Å². The first-order chi connectivity index (χ1) is 8.81. The van der Waals surface area contributed by atoms with Crippen LogP contribution in [0.15, 0.2) is 22.7 Å². The molecule has 1 aliphatic rings. The van der Waals surface area contributed by atoms with E-state index in [1.54, 1.807) is 6.07 Å². The van der Waals surface area contributed by atoms with Crippen LogP contribution in [0.1, 0.15) is 25.3 Å². The Bertz CT molecular complexity index is 541. The molecular weight excluding hydrogens is 314 g/mol. The number of halogens is 1. The van der Waals surface area contributed by atoms with Crippen molar-refractivity contribution in [2.45, 2.75) is 25.3 Å². The fraction of sp³-hybridized carbons (Fsp3) is 0.385. The molecule has 6 heteroatoms. The fourth-order valence-corrected chi connectivity index (χ4v) is 2.23. The van der Waals surface area contributed by atoms with Gasteiger partial charge in [-0.3, -0.25) is 4.79 Å². The van der Waals surface area contributed by atoms with Gasteiger partial charge in [0, 0.05) is 10.0 Å². The van der Waals surface area contributed by atoms with Crippen LogP contribution in [0.4, 0.5) is 0 Å². The first-order valence-electron chi connectivity index (χ1n) is 5.79. The third kappa shape index (κ3) is 2.73. The van der Waals surface area contributed by atoms with Gasteiger partial charge in [-0.25, -0.2) is 4.79 Å². The third-order valence-corrected chi connectivity index (χ3v) is 3.53. The first kappa shape index (κ1) is 13.9. The van der Waals surface area contributed by atoms with Crippen molar-refractivity contribution in [3.63, 3.8) is 0 Å². The summed E-state index contributed by atoms with van der Waals surface area (Å²) in [6.07, 6.45) is 0. The van der Waals surface area contributed by atoms with E-state index in [0.29, 0.717) is 5.75 Å². The number of carboxylic acid groups (broad SMARTS) is 1. The smallest absolute Gasteiger partial charge is 0.328 e. The minimum absolute atomic E-state index is 0.229. The second-order valence-electron chi connectivity index (χ2n) is 4.97. The average molecular weight is 328 g/mol. The molecule has 1 aliphatic heterocycles. The molecule has 1 aromatic carbocycles. The lowest BCUT2D eigenvalue weighted by Crippen LogP contribution is -2.51. The highest BCUT2D eigenvalue weighted by atomic mass is 79.9. The van der Waals surface area contributed by atoms with Gasteiger partial charge in [-0.1, -0.05) is 15.9 Å². The van der Waals surface area contributed by atoms with E-state index < -0.39 is 17.4 Å². The van der Waals surface area contributed by atoms with Gasteiger partial charge in [0.1, 0.15) is 23.8 Å². The van der Waals surface area contributed by atoms with Gasteiger partial charge < -0.3 is 15.2 Å². The number of ether oxygens (including phenoxy) is 1. The van der Waals surface area contributed by atoms with E-state index in [4.69, 9.17) is 9.84 Å². The number of carboxylic acids is 1. The Hall–Kier alpha value is -1.56. The Balaban J connectivity index is 2.20. The molecule has 1 heterocycles. The van der Waals surface area contributed by atoms with Crippen molar-refractivity contribution in [1.29, 1.82) is 0 Å². The molecule has 0 saturated heterocycles. The van der Waals surface area contributed by atoms with Gasteiger partial charge in [-0.2, -0.15) is 0 Å². The van der Waals surface area contributed by atoms with Gasteiger partial charge in [-0.05, 0) is 32.0 Å². The lowest BCUT2D eigenvalue weighted by atomic mass is 9.98. The number of nitrogens with one attached hydrogen (secondary N) is 1. The Kier molecular flexibility index (Phi) is 3.54. The highest BCUT2D eigenvalue weighted by molar-refractivity contribution is 9.10. The van der Waals surface area contributed by atoms with Crippen molar-refractivity contribution in [2.75, 3.05) is 6.61 Å². The number of benzene rings is 1. The first-order valence-corrected chi connectivity index (χ1v) is 6.58. The van der Waals surface area contributed by atoms with E-state index in [0.717, 1.165) is 10.0 Å². The van der Waals surface area contributed by atoms with Crippen molar-refractivity contribution in [3.8, 4) is 5.75 Å². The molecule has 0 aromatic heterocycles. The molecule has 19 heavy (non-hydrogen) atoms. The van der Waals surface area contributed by atoms with Gasteiger partial charge >= 0.3 is 5.97 Å². The normalized spacial score (nSPS) is 17.5. The molecule has 2 N–H and O–H groups in total. The molecule has 2 rings (SSSR count). The Morgan fingerprint density at radius 3 is 2.79 bits per heavy atom. The molecule has 1 amide bonds. The Morgan fingerprint density at radius 2 is 2.16 bits per heavy atom. The summed E-state index contributed by atoms with van der Waals surface area (Å²) < 4.78 is 6.29. The van der Waals surface area contributed by atoms with Crippen molar-refractivity contribution < 1.29 is 19.4 Å². The average Bonchev–Trinajstić information content (AvgIpc) is 2.70. The minimum atomic E-state index is -1.30. The van der Waals surface area contributed by atoms with Crippen LogP contribution in [-0.2, 0) is 9.59 Å². The third-order valence-electron chi connectivity index (χ3n) is 3.04. The number of carbonyl (C=O) groups is 2. The van der Waals surface area contributed by atoms with Crippen molar-refractivity contribution in [2.24, 2.45) is 0 Å². The zero-order valence-corrected chi connectivity index (χ0v) is 12.2. The molecule has 1 aromatic rings. The maximum atomic E-state index is 12.2. The van der Waals surface area contributed by atoms with Crippen LogP contribution < -0.4 is 10.1 Å². The van der Waals surface area contributed by atoms with E-state index in [1.165, 1.54) is 13.8 Å². The van der Waals surface area contributed by atoms with E-state index in [-0.39, 0.29) is 12.5 Å². The second-order valence-corrected chi connectivity index (χ2v) is 5.88. The molecule has 0 radical (unpaired) electrons. The predicted octanol–water partition coefficient (Wildman–Crippen LogP) is 1.90. The number of fused-ring (bicyclic) bond motifs is 1. The SMILES string of the molecule is CC(C)(NC(=O)C1COc2ccc(Br)cc21)C(=O)O. The van der Waals surface area contributed by atoms with Crippen LogP contribution in [0.25, 0.3) is 0 Å². The summed E-state index contributed by atoms with van der Waals surface area (Å²) in [7, 11) is 0. The summed E-state index contributed by atoms with van der Waals surface area (Å²) in [4.78, 5) is 23.2. The number of carbonyl (C=O) groups excluding carboxylic acids is 1. The maximum absolute atomic E-state index is 12.2. The van der Waals surface area contributed by atoms with E-state index >= 15 is 0 Å². The molecule has 0 bridgehead atoms. The molecular formula is C13H14BrNO4. The molecule has 0 fully saturated rings. The van der Waals surface area contributed by atoms with Crippen molar-refractivity contribution in [3.05, 3.63) is 28.2 Å². The summed E-state index contributed by atoms with van der Waals surface area (Å²) in [5.41, 5.74) is -0.528. The van der Waals surface area contributed by atoms with E-state index in [2.05, 4.69) is 21.2 Å². The lowest BCUT2D eigenvalue weighted by Gasteiger charge is -2.22. The molecule has 0 spiro atoms. The summed E-state index contributed by atoms with van der Waals surface area (Å²) in [6.45, 7) is 3.13. The quantitative estimate of drug-likeness (QED) is 0.889. The largest absolute Gasteiger partial charge is 0.492 e. The summed E-state index contributed by atoms with van der Waals surface area (Å²) >= 11 is 3.34. The van der Waals surface area contributed by atoms with Gasteiger partial charge in [0.15, 0.2) is 0 Å². The number of aliphatic carboxylic acids is 1. The van der Waals surface area contributed by atoms with Crippen molar-refractivity contribution in [1.82, 2.24) is 5.32 Å². The van der Waals surface area contributed by atoms with E-state index in [1.807, 2.05) is 12.1 Å². The fourth-order valence-electron chi connectivity index (χ4n) is 1.85. The molecule has 102 valence electrons. The zero-order chi connectivity index (χ0) is 14.2. The molecule has 0 saturated carbocycles. The van der Waals surface area contributed by atoms with Crippen LogP contribution in [0.3, 0.4) is 0 Å². The van der Waals surface area contributed by atoms with Crippen LogP contribution in [0.5, 0.6) is 5.75 Å². The van der Waals surface area contributed by atoms with Crippen molar-refractivity contribution >= 4 is 27.8 Å². The van der Waals surface area contributed by atoms with Gasteiger partial charge in [0.25, 0.3) is 0 Å². The standard InChI is InChI=1S/C13H14BrNO4/c1-13(2,12(17)18)15-11(16)9-6-19-10-4-3-7(14)5-8(9)10/h3-5,9H,6H2,1-2H3,(H,15,16)(H,17,18). The number of amides is 1. The predicted molar refractivity (Wildman–Crippen MR) is 72.2 cm³/mol. The molecule has 5 nitrogen and oxygen atoms in total. The minimum Gasteiger partial charge on any atom is -0.492 e. The highest BCUT2D eigenvalue weighted by Gasteiger charge is 2.36. The van der Waals surface area contributed by atoms with Crippen LogP contribution in [0, 0.1) is 0 Å². The maximum Gasteiger partial charge on any atom is 0.328 e. The van der Waals surface area contributed by atoms with Gasteiger partial charge in [0.2, 0.25) is 5.91 Å². The zero-order valence-electron chi connectivity index (χ0n) is 10.6. The Labute approximate surface area is 119 Å². The highest BCUT2D eigenvalue weighted by Crippen LogP contribution is 2.36. The second kappa shape index (κ2) is 4.85. The molecule has 1 atom stereocenters. The van der Waals surface area contributed by atoms with Gasteiger partial charge in [-0.15, -0.1) is 0 Å². The number of rotatable bonds is 3. The van der Waals surface area contributed by atoms with Crippen LogP contribution in [0.2, 0.25) is 0 Å². The summed E-state index contributed by atoms with van der Waals surface area (Å²) in [6, 6.07) is 5.44. The molecule has 0 aliphatic carbocycles. The monoisotopic (exact) mass is 327 g/mol. The summed E-state index contributed by atoms with van der Waals surface area (Å²) in [5.74, 6) is -1.24. The van der Waals surface area contributed by atoms with Gasteiger partial charge in [0.05, 0.1) is 0 Å². The number of hydrogen-bond acceptors (Lipinski definition) is 3.